The first-order chi connectivity index (χ1) is 9.06. The average molecular weight is 286 g/mol. The van der Waals surface area contributed by atoms with Gasteiger partial charge in [-0.05, 0) is 50.9 Å². The van der Waals surface area contributed by atoms with Gasteiger partial charge in [0.25, 0.3) is 0 Å². The Morgan fingerprint density at radius 2 is 2.26 bits per heavy atom. The van der Waals surface area contributed by atoms with Crippen LogP contribution in [0.1, 0.15) is 38.2 Å². The fourth-order valence-electron chi connectivity index (χ4n) is 2.81. The Bertz CT molecular complexity index is 425. The van der Waals surface area contributed by atoms with Crippen molar-refractivity contribution in [2.24, 2.45) is 0 Å². The van der Waals surface area contributed by atoms with Crippen LogP contribution >= 0.6 is 11.6 Å². The molecule has 1 aromatic carbocycles. The highest BCUT2D eigenvalue weighted by Crippen LogP contribution is 2.25. The quantitative estimate of drug-likeness (QED) is 0.914. The SMILES string of the molecule is CC(O)CC1CCCCN1Cc1cc(Cl)ccc1F. The average Bonchev–Trinajstić information content (AvgIpc) is 2.35. The molecule has 106 valence electrons. The first-order valence-corrected chi connectivity index (χ1v) is 7.30. The Morgan fingerprint density at radius 1 is 1.47 bits per heavy atom. The molecule has 1 aliphatic heterocycles. The van der Waals surface area contributed by atoms with Crippen LogP contribution in [0.4, 0.5) is 4.39 Å². The predicted molar refractivity (Wildman–Crippen MR) is 75.8 cm³/mol. The molecule has 0 radical (unpaired) electrons. The third kappa shape index (κ3) is 4.16. The van der Waals surface area contributed by atoms with Crippen LogP contribution < -0.4 is 0 Å². The van der Waals surface area contributed by atoms with Crippen molar-refractivity contribution in [3.63, 3.8) is 0 Å². The number of piperidine rings is 1. The predicted octanol–water partition coefficient (Wildman–Crippen LogP) is 3.60. The van der Waals surface area contributed by atoms with Gasteiger partial charge in [-0.3, -0.25) is 4.90 Å². The maximum atomic E-state index is 13.8. The van der Waals surface area contributed by atoms with E-state index < -0.39 is 0 Å². The molecule has 1 aliphatic rings. The second kappa shape index (κ2) is 6.69. The molecule has 4 heteroatoms. The molecule has 2 atom stereocenters. The topological polar surface area (TPSA) is 23.5 Å². The Hall–Kier alpha value is -0.640. The van der Waals surface area contributed by atoms with Gasteiger partial charge in [0.15, 0.2) is 0 Å². The lowest BCUT2D eigenvalue weighted by atomic mass is 9.96. The van der Waals surface area contributed by atoms with Gasteiger partial charge in [-0.25, -0.2) is 4.39 Å². The van der Waals surface area contributed by atoms with E-state index in [-0.39, 0.29) is 11.9 Å². The highest BCUT2D eigenvalue weighted by Gasteiger charge is 2.24. The summed E-state index contributed by atoms with van der Waals surface area (Å²) in [4.78, 5) is 2.27. The molecule has 2 nitrogen and oxygen atoms in total. The monoisotopic (exact) mass is 285 g/mol. The Morgan fingerprint density at radius 3 is 3.00 bits per heavy atom. The molecule has 0 aromatic heterocycles. The second-order valence-corrected chi connectivity index (χ2v) is 5.88. The summed E-state index contributed by atoms with van der Waals surface area (Å²) in [7, 11) is 0. The minimum Gasteiger partial charge on any atom is -0.393 e. The molecule has 2 rings (SSSR count). The van der Waals surface area contributed by atoms with Crippen molar-refractivity contribution in [1.82, 2.24) is 4.90 Å². The molecule has 1 saturated heterocycles. The minimum absolute atomic E-state index is 0.203. The standard InChI is InChI=1S/C15H21ClFNO/c1-11(19)8-14-4-2-3-7-18(14)10-12-9-13(16)5-6-15(12)17/h5-6,9,11,14,19H,2-4,7-8,10H2,1H3. The number of halogens is 2. The third-order valence-electron chi connectivity index (χ3n) is 3.74. The summed E-state index contributed by atoms with van der Waals surface area (Å²) in [5.41, 5.74) is 0.644. The fourth-order valence-corrected chi connectivity index (χ4v) is 3.01. The smallest absolute Gasteiger partial charge is 0.127 e. The molecular formula is C15H21ClFNO. The number of likely N-dealkylation sites (tertiary alicyclic amines) is 1. The van der Waals surface area contributed by atoms with Gasteiger partial charge in [0.05, 0.1) is 6.10 Å². The number of rotatable bonds is 4. The van der Waals surface area contributed by atoms with Crippen molar-refractivity contribution in [3.05, 3.63) is 34.6 Å². The Labute approximate surface area is 119 Å². The molecule has 0 saturated carbocycles. The fraction of sp³-hybridized carbons (Fsp3) is 0.600. The second-order valence-electron chi connectivity index (χ2n) is 5.44. The summed E-state index contributed by atoms with van der Waals surface area (Å²) in [6.45, 7) is 3.35. The molecule has 2 unspecified atom stereocenters. The van der Waals surface area contributed by atoms with E-state index in [4.69, 9.17) is 11.6 Å². The first kappa shape index (κ1) is 14.8. The van der Waals surface area contributed by atoms with E-state index in [0.29, 0.717) is 23.2 Å². The number of aliphatic hydroxyl groups is 1. The first-order valence-electron chi connectivity index (χ1n) is 6.92. The van der Waals surface area contributed by atoms with E-state index in [0.717, 1.165) is 25.8 Å². The van der Waals surface area contributed by atoms with Crippen LogP contribution in [0.25, 0.3) is 0 Å². The molecule has 0 aliphatic carbocycles. The van der Waals surface area contributed by atoms with Gasteiger partial charge in [-0.15, -0.1) is 0 Å². The van der Waals surface area contributed by atoms with Crippen molar-refractivity contribution in [3.8, 4) is 0 Å². The maximum Gasteiger partial charge on any atom is 0.127 e. The molecular weight excluding hydrogens is 265 g/mol. The van der Waals surface area contributed by atoms with Crippen LogP contribution in [0, 0.1) is 5.82 Å². The molecule has 0 bridgehead atoms. The van der Waals surface area contributed by atoms with E-state index in [1.54, 1.807) is 12.1 Å². The van der Waals surface area contributed by atoms with Crippen LogP contribution in [0.3, 0.4) is 0 Å². The van der Waals surface area contributed by atoms with Crippen LogP contribution in [0.5, 0.6) is 0 Å². The zero-order valence-corrected chi connectivity index (χ0v) is 12.0. The highest BCUT2D eigenvalue weighted by atomic mass is 35.5. The summed E-state index contributed by atoms with van der Waals surface area (Å²) in [6.07, 6.45) is 3.84. The van der Waals surface area contributed by atoms with Gasteiger partial charge in [0.1, 0.15) is 5.82 Å². The molecule has 0 spiro atoms. The molecule has 19 heavy (non-hydrogen) atoms. The largest absolute Gasteiger partial charge is 0.393 e. The number of benzene rings is 1. The lowest BCUT2D eigenvalue weighted by Gasteiger charge is -2.36. The van der Waals surface area contributed by atoms with Crippen LogP contribution in [-0.4, -0.2) is 28.7 Å². The van der Waals surface area contributed by atoms with E-state index in [1.165, 1.54) is 12.5 Å². The number of hydrogen-bond donors (Lipinski definition) is 1. The lowest BCUT2D eigenvalue weighted by Crippen LogP contribution is -2.40. The summed E-state index contributed by atoms with van der Waals surface area (Å²) >= 11 is 5.93. The van der Waals surface area contributed by atoms with E-state index in [2.05, 4.69) is 4.90 Å². The van der Waals surface area contributed by atoms with Gasteiger partial charge in [-0.1, -0.05) is 18.0 Å². The van der Waals surface area contributed by atoms with Crippen molar-refractivity contribution in [1.29, 1.82) is 0 Å². The summed E-state index contributed by atoms with van der Waals surface area (Å²) in [5, 5.41) is 10.1. The summed E-state index contributed by atoms with van der Waals surface area (Å²) < 4.78 is 13.8. The van der Waals surface area contributed by atoms with Gasteiger partial charge < -0.3 is 5.11 Å². The molecule has 1 heterocycles. The van der Waals surface area contributed by atoms with Crippen molar-refractivity contribution in [2.75, 3.05) is 6.54 Å². The van der Waals surface area contributed by atoms with Crippen molar-refractivity contribution < 1.29 is 9.50 Å². The van der Waals surface area contributed by atoms with Crippen molar-refractivity contribution >= 4 is 11.6 Å². The van der Waals surface area contributed by atoms with Gasteiger partial charge in [-0.2, -0.15) is 0 Å². The van der Waals surface area contributed by atoms with E-state index in [9.17, 15) is 9.50 Å². The number of hydrogen-bond acceptors (Lipinski definition) is 2. The van der Waals surface area contributed by atoms with Gasteiger partial charge in [0, 0.05) is 23.2 Å². The van der Waals surface area contributed by atoms with Crippen LogP contribution in [-0.2, 0) is 6.54 Å². The van der Waals surface area contributed by atoms with Gasteiger partial charge in [0.2, 0.25) is 0 Å². The normalized spacial score (nSPS) is 22.4. The zero-order valence-electron chi connectivity index (χ0n) is 11.3. The molecule has 0 amide bonds. The Balaban J connectivity index is 2.08. The van der Waals surface area contributed by atoms with Crippen molar-refractivity contribution in [2.45, 2.75) is 51.3 Å². The lowest BCUT2D eigenvalue weighted by molar-refractivity contribution is 0.0810. The molecule has 1 fully saturated rings. The summed E-state index contributed by atoms with van der Waals surface area (Å²) in [6, 6.07) is 5.03. The van der Waals surface area contributed by atoms with Crippen LogP contribution in [0.2, 0.25) is 5.02 Å². The highest BCUT2D eigenvalue weighted by molar-refractivity contribution is 6.30. The number of aliphatic hydroxyl groups excluding tert-OH is 1. The Kier molecular flexibility index (Phi) is 5.20. The minimum atomic E-state index is -0.310. The molecule has 1 aromatic rings. The number of nitrogens with zero attached hydrogens (tertiary/aromatic N) is 1. The van der Waals surface area contributed by atoms with Crippen LogP contribution in [0.15, 0.2) is 18.2 Å². The zero-order chi connectivity index (χ0) is 13.8. The summed E-state index contributed by atoms with van der Waals surface area (Å²) in [5.74, 6) is -0.203. The van der Waals surface area contributed by atoms with E-state index in [1.807, 2.05) is 6.92 Å². The van der Waals surface area contributed by atoms with E-state index >= 15 is 0 Å². The molecule has 1 N–H and O–H groups in total. The third-order valence-corrected chi connectivity index (χ3v) is 3.98. The maximum absolute atomic E-state index is 13.8. The van der Waals surface area contributed by atoms with Gasteiger partial charge >= 0.3 is 0 Å².